The molecule has 0 heterocycles. The van der Waals surface area contributed by atoms with Crippen LogP contribution in [-0.2, 0) is 6.42 Å². The van der Waals surface area contributed by atoms with Gasteiger partial charge in [0.2, 0.25) is 0 Å². The number of aryl methyl sites for hydroxylation is 1. The smallest absolute Gasteiger partial charge is 0.144 e. The number of halogens is 2. The van der Waals surface area contributed by atoms with Gasteiger partial charge in [0.1, 0.15) is 17.3 Å². The Kier molecular flexibility index (Phi) is 5.37. The summed E-state index contributed by atoms with van der Waals surface area (Å²) in [6.45, 7) is 4.06. The van der Waals surface area contributed by atoms with Gasteiger partial charge in [-0.2, -0.15) is 0 Å². The molecule has 2 N–H and O–H groups in total. The fourth-order valence-corrected chi connectivity index (χ4v) is 2.40. The number of nitrogens with two attached hydrogens (primary N) is 1. The Morgan fingerprint density at radius 3 is 2.62 bits per heavy atom. The van der Waals surface area contributed by atoms with Crippen LogP contribution in [0.3, 0.4) is 0 Å². The number of ether oxygens (including phenoxy) is 1. The summed E-state index contributed by atoms with van der Waals surface area (Å²) in [5.41, 5.74) is 8.17. The van der Waals surface area contributed by atoms with Crippen molar-refractivity contribution in [3.63, 3.8) is 0 Å². The maximum Gasteiger partial charge on any atom is 0.144 e. The molecule has 0 aliphatic carbocycles. The van der Waals surface area contributed by atoms with Gasteiger partial charge in [0.05, 0.1) is 4.47 Å². The van der Waals surface area contributed by atoms with Crippen LogP contribution in [0.1, 0.15) is 24.5 Å². The standard InChI is InChI=1S/C17H19BrFNO/c1-3-14(20)9-12-4-7-16(11(2)8-12)21-17-10-13(19)5-6-15(17)18/h4-8,10,14H,3,9,20H2,1-2H3. The number of benzene rings is 2. The monoisotopic (exact) mass is 351 g/mol. The zero-order valence-electron chi connectivity index (χ0n) is 12.2. The van der Waals surface area contributed by atoms with E-state index in [1.807, 2.05) is 19.1 Å². The quantitative estimate of drug-likeness (QED) is 0.825. The minimum Gasteiger partial charge on any atom is -0.456 e. The summed E-state index contributed by atoms with van der Waals surface area (Å²) in [6, 6.07) is 10.5. The van der Waals surface area contributed by atoms with E-state index < -0.39 is 0 Å². The van der Waals surface area contributed by atoms with Gasteiger partial charge in [-0.25, -0.2) is 4.39 Å². The molecule has 0 saturated heterocycles. The molecular weight excluding hydrogens is 333 g/mol. The Labute approximate surface area is 133 Å². The normalized spacial score (nSPS) is 12.2. The van der Waals surface area contributed by atoms with E-state index in [0.29, 0.717) is 5.75 Å². The van der Waals surface area contributed by atoms with E-state index in [2.05, 4.69) is 28.9 Å². The second-order valence-corrected chi connectivity index (χ2v) is 6.00. The topological polar surface area (TPSA) is 35.2 Å². The fourth-order valence-electron chi connectivity index (χ4n) is 2.07. The average molecular weight is 352 g/mol. The van der Waals surface area contributed by atoms with Crippen LogP contribution < -0.4 is 10.5 Å². The van der Waals surface area contributed by atoms with Gasteiger partial charge >= 0.3 is 0 Å². The van der Waals surface area contributed by atoms with Crippen molar-refractivity contribution in [2.75, 3.05) is 0 Å². The summed E-state index contributed by atoms with van der Waals surface area (Å²) in [5.74, 6) is 0.864. The highest BCUT2D eigenvalue weighted by Crippen LogP contribution is 2.32. The molecular formula is C17H19BrFNO. The Morgan fingerprint density at radius 2 is 1.95 bits per heavy atom. The minimum absolute atomic E-state index is 0.175. The molecule has 0 aliphatic rings. The van der Waals surface area contributed by atoms with Crippen molar-refractivity contribution in [3.8, 4) is 11.5 Å². The highest BCUT2D eigenvalue weighted by Gasteiger charge is 2.08. The van der Waals surface area contributed by atoms with Crippen molar-refractivity contribution >= 4 is 15.9 Å². The lowest BCUT2D eigenvalue weighted by Gasteiger charge is -2.13. The van der Waals surface area contributed by atoms with E-state index in [1.165, 1.54) is 17.7 Å². The predicted octanol–water partition coefficient (Wildman–Crippen LogP) is 4.97. The summed E-state index contributed by atoms with van der Waals surface area (Å²) in [7, 11) is 0. The number of hydrogen-bond acceptors (Lipinski definition) is 2. The molecule has 0 bridgehead atoms. The molecule has 0 spiro atoms. The second kappa shape index (κ2) is 7.05. The van der Waals surface area contributed by atoms with Gasteiger partial charge < -0.3 is 10.5 Å². The molecule has 0 fully saturated rings. The summed E-state index contributed by atoms with van der Waals surface area (Å²) in [6.07, 6.45) is 1.80. The van der Waals surface area contributed by atoms with E-state index in [9.17, 15) is 4.39 Å². The van der Waals surface area contributed by atoms with Gasteiger partial charge in [-0.15, -0.1) is 0 Å². The van der Waals surface area contributed by atoms with Crippen molar-refractivity contribution in [2.45, 2.75) is 32.7 Å². The largest absolute Gasteiger partial charge is 0.456 e. The van der Waals surface area contributed by atoms with Crippen molar-refractivity contribution in [1.82, 2.24) is 0 Å². The van der Waals surface area contributed by atoms with Gasteiger partial charge in [0, 0.05) is 12.1 Å². The Hall–Kier alpha value is -1.39. The van der Waals surface area contributed by atoms with Crippen LogP contribution in [0.5, 0.6) is 11.5 Å². The molecule has 21 heavy (non-hydrogen) atoms. The molecule has 0 aromatic heterocycles. The summed E-state index contributed by atoms with van der Waals surface area (Å²) in [4.78, 5) is 0. The molecule has 4 heteroatoms. The first-order valence-corrected chi connectivity index (χ1v) is 7.77. The molecule has 2 aromatic rings. The fraction of sp³-hybridized carbons (Fsp3) is 0.294. The Morgan fingerprint density at radius 1 is 1.19 bits per heavy atom. The van der Waals surface area contributed by atoms with Crippen molar-refractivity contribution in [3.05, 3.63) is 57.8 Å². The summed E-state index contributed by atoms with van der Waals surface area (Å²) >= 11 is 3.36. The molecule has 112 valence electrons. The van der Waals surface area contributed by atoms with Crippen LogP contribution in [0.4, 0.5) is 4.39 Å². The molecule has 0 aliphatic heterocycles. The van der Waals surface area contributed by atoms with Crippen LogP contribution in [0.25, 0.3) is 0 Å². The van der Waals surface area contributed by atoms with E-state index in [1.54, 1.807) is 6.07 Å². The van der Waals surface area contributed by atoms with Crippen LogP contribution >= 0.6 is 15.9 Å². The molecule has 0 radical (unpaired) electrons. The molecule has 1 unspecified atom stereocenters. The van der Waals surface area contributed by atoms with Gasteiger partial charge in [-0.3, -0.25) is 0 Å². The van der Waals surface area contributed by atoms with Crippen LogP contribution in [-0.4, -0.2) is 6.04 Å². The molecule has 1 atom stereocenters. The van der Waals surface area contributed by atoms with Gasteiger partial charge in [-0.1, -0.05) is 19.1 Å². The molecule has 0 saturated carbocycles. The zero-order chi connectivity index (χ0) is 15.4. The third-order valence-corrected chi connectivity index (χ3v) is 4.03. The predicted molar refractivity (Wildman–Crippen MR) is 87.3 cm³/mol. The third-order valence-electron chi connectivity index (χ3n) is 3.37. The lowest BCUT2D eigenvalue weighted by atomic mass is 10.0. The molecule has 2 aromatic carbocycles. The second-order valence-electron chi connectivity index (χ2n) is 5.15. The first-order valence-electron chi connectivity index (χ1n) is 6.97. The van der Waals surface area contributed by atoms with Gasteiger partial charge in [0.15, 0.2) is 0 Å². The first-order chi connectivity index (χ1) is 9.99. The highest BCUT2D eigenvalue weighted by atomic mass is 79.9. The minimum atomic E-state index is -0.323. The first kappa shape index (κ1) is 16.0. The SMILES string of the molecule is CCC(N)Cc1ccc(Oc2cc(F)ccc2Br)c(C)c1. The maximum absolute atomic E-state index is 13.3. The Balaban J connectivity index is 2.19. The van der Waals surface area contributed by atoms with Crippen LogP contribution in [0.2, 0.25) is 0 Å². The van der Waals surface area contributed by atoms with Gasteiger partial charge in [0.25, 0.3) is 0 Å². The van der Waals surface area contributed by atoms with E-state index in [-0.39, 0.29) is 11.9 Å². The molecule has 2 nitrogen and oxygen atoms in total. The maximum atomic E-state index is 13.3. The van der Waals surface area contributed by atoms with Crippen LogP contribution in [0, 0.1) is 12.7 Å². The number of rotatable bonds is 5. The lowest BCUT2D eigenvalue weighted by Crippen LogP contribution is -2.21. The number of hydrogen-bond donors (Lipinski definition) is 1. The Bertz CT molecular complexity index is 630. The zero-order valence-corrected chi connectivity index (χ0v) is 13.8. The van der Waals surface area contributed by atoms with E-state index >= 15 is 0 Å². The average Bonchev–Trinajstić information content (AvgIpc) is 2.45. The van der Waals surface area contributed by atoms with Crippen molar-refractivity contribution in [1.29, 1.82) is 0 Å². The van der Waals surface area contributed by atoms with Crippen LogP contribution in [0.15, 0.2) is 40.9 Å². The third kappa shape index (κ3) is 4.29. The van der Waals surface area contributed by atoms with Crippen molar-refractivity contribution < 1.29 is 9.13 Å². The lowest BCUT2D eigenvalue weighted by molar-refractivity contribution is 0.469. The van der Waals surface area contributed by atoms with Gasteiger partial charge in [-0.05, 0) is 65.0 Å². The van der Waals surface area contributed by atoms with E-state index in [4.69, 9.17) is 10.5 Å². The van der Waals surface area contributed by atoms with E-state index in [0.717, 1.165) is 28.6 Å². The molecule has 0 amide bonds. The van der Waals surface area contributed by atoms with Crippen molar-refractivity contribution in [2.24, 2.45) is 5.73 Å². The summed E-state index contributed by atoms with van der Waals surface area (Å²) < 4.78 is 19.8. The molecule has 2 rings (SSSR count). The summed E-state index contributed by atoms with van der Waals surface area (Å²) in [5, 5.41) is 0. The highest BCUT2D eigenvalue weighted by molar-refractivity contribution is 9.10.